The Kier molecular flexibility index (Phi) is 5.59. The van der Waals surface area contributed by atoms with Crippen molar-refractivity contribution in [1.29, 1.82) is 0 Å². The maximum Gasteiger partial charge on any atom is 0.265 e. The molecule has 0 saturated carbocycles. The number of fused-ring (bicyclic) bond motifs is 2. The Morgan fingerprint density at radius 3 is 2.61 bits per heavy atom. The molecule has 3 aliphatic rings. The second-order valence-electron chi connectivity index (χ2n) is 8.09. The third-order valence-corrected chi connectivity index (χ3v) is 6.30. The predicted molar refractivity (Wildman–Crippen MR) is 118 cm³/mol. The first-order chi connectivity index (χ1) is 15.2. The van der Waals surface area contributed by atoms with E-state index in [-0.39, 0.29) is 42.1 Å². The van der Waals surface area contributed by atoms with Crippen LogP contribution in [0.2, 0.25) is 0 Å². The summed E-state index contributed by atoms with van der Waals surface area (Å²) in [6.45, 7) is 3.51. The second kappa shape index (κ2) is 8.52. The lowest BCUT2D eigenvalue weighted by Crippen LogP contribution is -2.71. The molecule has 4 unspecified atom stereocenters. The fraction of sp³-hybridized carbons (Fsp3) is 0.409. The first kappa shape index (κ1) is 20.3. The maximum atomic E-state index is 14.6. The van der Waals surface area contributed by atoms with Crippen molar-refractivity contribution in [3.63, 3.8) is 0 Å². The maximum absolute atomic E-state index is 14.6. The average molecular weight is 426 g/mol. The molecule has 3 aliphatic heterocycles. The summed E-state index contributed by atoms with van der Waals surface area (Å²) < 4.78 is 14.6. The summed E-state index contributed by atoms with van der Waals surface area (Å²) in [6, 6.07) is 14.2. The predicted octanol–water partition coefficient (Wildman–Crippen LogP) is 0.914. The quantitative estimate of drug-likeness (QED) is 0.424. The number of nitrogens with one attached hydrogen (secondary N) is 6. The zero-order valence-electron chi connectivity index (χ0n) is 17.4. The Labute approximate surface area is 181 Å². The Hall–Kier alpha value is -2.56. The highest BCUT2D eigenvalue weighted by Gasteiger charge is 2.42. The van der Waals surface area contributed by atoms with Crippen LogP contribution in [0.4, 0.5) is 15.8 Å². The number of rotatable bonds is 5. The van der Waals surface area contributed by atoms with Crippen LogP contribution in [0.25, 0.3) is 0 Å². The van der Waals surface area contributed by atoms with Gasteiger partial charge in [-0.25, -0.2) is 4.39 Å². The van der Waals surface area contributed by atoms with Gasteiger partial charge in [0.05, 0.1) is 29.6 Å². The van der Waals surface area contributed by atoms with Gasteiger partial charge in [0.15, 0.2) is 0 Å². The third-order valence-electron chi connectivity index (χ3n) is 6.30. The molecule has 31 heavy (non-hydrogen) atoms. The van der Waals surface area contributed by atoms with E-state index in [0.29, 0.717) is 12.4 Å². The van der Waals surface area contributed by atoms with Crippen LogP contribution < -0.4 is 36.8 Å². The molecule has 9 heteroatoms. The van der Waals surface area contributed by atoms with Crippen molar-refractivity contribution >= 4 is 17.3 Å². The molecule has 0 aliphatic carbocycles. The molecule has 6 N–H and O–H groups in total. The van der Waals surface area contributed by atoms with Gasteiger partial charge in [0.25, 0.3) is 5.91 Å². The van der Waals surface area contributed by atoms with Gasteiger partial charge in [-0.3, -0.25) is 36.3 Å². The molecule has 5 rings (SSSR count). The number of hydrogen-bond donors (Lipinski definition) is 6. The highest BCUT2D eigenvalue weighted by Crippen LogP contribution is 2.32. The van der Waals surface area contributed by atoms with Crippen molar-refractivity contribution < 1.29 is 9.18 Å². The van der Waals surface area contributed by atoms with Crippen LogP contribution in [-0.4, -0.2) is 49.8 Å². The van der Waals surface area contributed by atoms with Crippen molar-refractivity contribution in [2.75, 3.05) is 23.6 Å². The lowest BCUT2D eigenvalue weighted by Gasteiger charge is -2.45. The van der Waals surface area contributed by atoms with Crippen molar-refractivity contribution in [1.82, 2.24) is 26.6 Å². The highest BCUT2D eigenvalue weighted by molar-refractivity contribution is 6.12. The number of nitrogens with zero attached hydrogens (tertiary/aromatic N) is 1. The molecule has 2 fully saturated rings. The summed E-state index contributed by atoms with van der Waals surface area (Å²) in [7, 11) is 0. The van der Waals surface area contributed by atoms with Gasteiger partial charge in [-0.1, -0.05) is 31.2 Å². The van der Waals surface area contributed by atoms with E-state index in [1.165, 1.54) is 6.07 Å². The first-order valence-corrected chi connectivity index (χ1v) is 10.8. The lowest BCUT2D eigenvalue weighted by molar-refractivity contribution is 0.0960. The molecule has 2 aromatic carbocycles. The molecule has 1 amide bonds. The van der Waals surface area contributed by atoms with Crippen molar-refractivity contribution in [3.8, 4) is 0 Å². The molecule has 8 nitrogen and oxygen atoms in total. The number of halogens is 1. The fourth-order valence-electron chi connectivity index (χ4n) is 4.75. The molecule has 0 spiro atoms. The molecule has 2 aromatic rings. The minimum atomic E-state index is -0.514. The van der Waals surface area contributed by atoms with E-state index in [0.717, 1.165) is 18.8 Å². The molecular weight excluding hydrogens is 397 g/mol. The van der Waals surface area contributed by atoms with Crippen LogP contribution in [0.3, 0.4) is 0 Å². The molecule has 2 saturated heterocycles. The van der Waals surface area contributed by atoms with E-state index in [2.05, 4.69) is 38.8 Å². The van der Waals surface area contributed by atoms with E-state index in [1.54, 1.807) is 17.0 Å². The Morgan fingerprint density at radius 2 is 1.84 bits per heavy atom. The molecule has 3 heterocycles. The monoisotopic (exact) mass is 425 g/mol. The van der Waals surface area contributed by atoms with Crippen LogP contribution in [0, 0.1) is 5.82 Å². The molecule has 0 radical (unpaired) electrons. The van der Waals surface area contributed by atoms with Gasteiger partial charge in [0.1, 0.15) is 12.0 Å². The summed E-state index contributed by atoms with van der Waals surface area (Å²) in [5, 5.41) is 20.9. The molecule has 0 aromatic heterocycles. The van der Waals surface area contributed by atoms with Gasteiger partial charge in [0, 0.05) is 25.1 Å². The van der Waals surface area contributed by atoms with E-state index in [9.17, 15) is 9.18 Å². The summed E-state index contributed by atoms with van der Waals surface area (Å²) in [5.74, 6) is -0.848. The van der Waals surface area contributed by atoms with Crippen molar-refractivity contribution in [3.05, 3.63) is 59.9 Å². The zero-order valence-corrected chi connectivity index (χ0v) is 17.4. The largest absolute Gasteiger partial charge is 0.363 e. The minimum Gasteiger partial charge on any atom is -0.363 e. The molecule has 5 atom stereocenters. The van der Waals surface area contributed by atoms with E-state index >= 15 is 0 Å². The molecule has 164 valence electrons. The molecule has 0 bridgehead atoms. The van der Waals surface area contributed by atoms with Crippen molar-refractivity contribution in [2.24, 2.45) is 0 Å². The van der Waals surface area contributed by atoms with Crippen LogP contribution >= 0.6 is 0 Å². The number of benzene rings is 2. The van der Waals surface area contributed by atoms with Crippen molar-refractivity contribution in [2.45, 2.75) is 43.9 Å². The SMILES string of the molecule is CC[C@H](NC1NCNC2NCNC21)C1Nc2cccc(F)c2C(=O)N1c1ccccc1. The fourth-order valence-corrected chi connectivity index (χ4v) is 4.75. The van der Waals surface area contributed by atoms with E-state index in [1.807, 2.05) is 30.3 Å². The average Bonchev–Trinajstić information content (AvgIpc) is 3.27. The number of carbonyl (C=O) groups is 1. The van der Waals surface area contributed by atoms with Gasteiger partial charge < -0.3 is 5.32 Å². The molecular formula is C22H28FN7O. The standard InChI is InChI=1S/C22H28FN7O/c1-2-15(28-20-18-19(25-11-24-18)26-12-27-20)21-29-16-10-6-9-14(23)17(16)22(31)30(21)13-7-4-3-5-8-13/h3-10,15,18-21,24-29H,2,11-12H2,1H3/t15-,18?,19?,20?,21?/m0/s1. The van der Waals surface area contributed by atoms with Crippen LogP contribution in [0.15, 0.2) is 48.5 Å². The summed E-state index contributed by atoms with van der Waals surface area (Å²) >= 11 is 0. The topological polar surface area (TPSA) is 92.5 Å². The number of anilines is 2. The van der Waals surface area contributed by atoms with Crippen LogP contribution in [0.5, 0.6) is 0 Å². The van der Waals surface area contributed by atoms with E-state index in [4.69, 9.17) is 0 Å². The number of carbonyl (C=O) groups excluding carboxylic acids is 1. The number of para-hydroxylation sites is 1. The van der Waals surface area contributed by atoms with Gasteiger partial charge >= 0.3 is 0 Å². The third kappa shape index (κ3) is 3.68. The smallest absolute Gasteiger partial charge is 0.265 e. The second-order valence-corrected chi connectivity index (χ2v) is 8.09. The lowest BCUT2D eigenvalue weighted by atomic mass is 10.00. The summed E-state index contributed by atoms with van der Waals surface area (Å²) in [4.78, 5) is 15.2. The normalized spacial score (nSPS) is 28.6. The minimum absolute atomic E-state index is 0.00892. The number of amides is 1. The van der Waals surface area contributed by atoms with Crippen LogP contribution in [-0.2, 0) is 0 Å². The van der Waals surface area contributed by atoms with Gasteiger partial charge in [-0.15, -0.1) is 0 Å². The first-order valence-electron chi connectivity index (χ1n) is 10.8. The number of hydrogen-bond acceptors (Lipinski definition) is 7. The van der Waals surface area contributed by atoms with Gasteiger partial charge in [-0.2, -0.15) is 0 Å². The van der Waals surface area contributed by atoms with E-state index < -0.39 is 5.82 Å². The summed E-state index contributed by atoms with van der Waals surface area (Å²) in [6.07, 6.45) is 0.584. The Morgan fingerprint density at radius 1 is 1.06 bits per heavy atom. The van der Waals surface area contributed by atoms with Gasteiger partial charge in [0.2, 0.25) is 0 Å². The zero-order chi connectivity index (χ0) is 21.4. The summed E-state index contributed by atoms with van der Waals surface area (Å²) in [5.41, 5.74) is 1.34. The van der Waals surface area contributed by atoms with Gasteiger partial charge in [-0.05, 0) is 30.7 Å². The Balaban J connectivity index is 1.49. The highest BCUT2D eigenvalue weighted by atomic mass is 19.1. The Bertz CT molecular complexity index is 943. The van der Waals surface area contributed by atoms with Crippen LogP contribution in [0.1, 0.15) is 23.7 Å².